The Balaban J connectivity index is 2.06. The van der Waals surface area contributed by atoms with E-state index in [1.165, 1.54) is 59.5 Å². The summed E-state index contributed by atoms with van der Waals surface area (Å²) in [5.41, 5.74) is 0.668. The van der Waals surface area contributed by atoms with Gasteiger partial charge in [0.25, 0.3) is 10.0 Å². The van der Waals surface area contributed by atoms with Gasteiger partial charge in [-0.05, 0) is 60.4 Å². The lowest BCUT2D eigenvalue weighted by Crippen LogP contribution is -2.52. The lowest BCUT2D eigenvalue weighted by molar-refractivity contribution is -0.140. The first-order chi connectivity index (χ1) is 18.9. The molecule has 2 amide bonds. The van der Waals surface area contributed by atoms with Crippen molar-refractivity contribution in [2.24, 2.45) is 5.92 Å². The number of benzene rings is 3. The number of nitrogens with one attached hydrogen (secondary N) is 1. The monoisotopic (exact) mass is 607 g/mol. The first-order valence-electron chi connectivity index (χ1n) is 12.8. The Morgan fingerprint density at radius 3 is 2.10 bits per heavy atom. The maximum absolute atomic E-state index is 14.0. The number of anilines is 1. The van der Waals surface area contributed by atoms with E-state index in [1.54, 1.807) is 25.1 Å². The summed E-state index contributed by atoms with van der Waals surface area (Å²) < 4.78 is 42.1. The maximum Gasteiger partial charge on any atom is 0.264 e. The summed E-state index contributed by atoms with van der Waals surface area (Å²) >= 11 is 12.4. The lowest BCUT2D eigenvalue weighted by atomic mass is 10.1. The summed E-state index contributed by atoms with van der Waals surface area (Å²) in [7, 11) is -4.25. The van der Waals surface area contributed by atoms with Gasteiger partial charge >= 0.3 is 0 Å². The predicted octanol–water partition coefficient (Wildman–Crippen LogP) is 5.91. The highest BCUT2D eigenvalue weighted by Crippen LogP contribution is 2.30. The molecule has 0 aliphatic rings. The average Bonchev–Trinajstić information content (AvgIpc) is 2.91. The van der Waals surface area contributed by atoms with Crippen LogP contribution >= 0.6 is 23.2 Å². The largest absolute Gasteiger partial charge is 0.354 e. The number of rotatable bonds is 12. The fourth-order valence-electron chi connectivity index (χ4n) is 4.06. The molecule has 0 aliphatic carbocycles. The molecule has 3 aromatic rings. The van der Waals surface area contributed by atoms with Crippen LogP contribution in [0.25, 0.3) is 0 Å². The zero-order chi connectivity index (χ0) is 29.4. The molecule has 1 atom stereocenters. The second-order valence-electron chi connectivity index (χ2n) is 9.66. The quantitative estimate of drug-likeness (QED) is 0.277. The molecule has 40 heavy (non-hydrogen) atoms. The molecule has 0 spiro atoms. The van der Waals surface area contributed by atoms with Gasteiger partial charge in [-0.25, -0.2) is 12.8 Å². The van der Waals surface area contributed by atoms with Crippen LogP contribution in [0.3, 0.4) is 0 Å². The fraction of sp³-hybridized carbons (Fsp3) is 0.310. The van der Waals surface area contributed by atoms with Crippen molar-refractivity contribution >= 4 is 50.7 Å². The van der Waals surface area contributed by atoms with Crippen molar-refractivity contribution in [2.75, 3.05) is 17.4 Å². The van der Waals surface area contributed by atoms with Crippen molar-refractivity contribution in [1.29, 1.82) is 0 Å². The molecule has 7 nitrogen and oxygen atoms in total. The molecule has 0 unspecified atom stereocenters. The number of sulfonamides is 1. The van der Waals surface area contributed by atoms with Crippen LogP contribution in [-0.2, 0) is 26.2 Å². The van der Waals surface area contributed by atoms with Gasteiger partial charge in [-0.3, -0.25) is 13.9 Å². The Labute approximate surface area is 244 Å². The van der Waals surface area contributed by atoms with E-state index in [1.807, 2.05) is 13.8 Å². The Kier molecular flexibility index (Phi) is 11.0. The first-order valence-corrected chi connectivity index (χ1v) is 15.0. The maximum atomic E-state index is 14.0. The second kappa shape index (κ2) is 14.0. The van der Waals surface area contributed by atoms with Gasteiger partial charge in [-0.15, -0.1) is 0 Å². The Morgan fingerprint density at radius 1 is 0.950 bits per heavy atom. The molecule has 0 heterocycles. The molecule has 0 radical (unpaired) electrons. The minimum Gasteiger partial charge on any atom is -0.354 e. The summed E-state index contributed by atoms with van der Waals surface area (Å²) in [6.07, 6.45) is 0.269. The second-order valence-corrected chi connectivity index (χ2v) is 12.4. The molecule has 3 aromatic carbocycles. The minimum absolute atomic E-state index is 0.0364. The number of halogens is 3. The molecule has 0 fully saturated rings. The number of nitrogens with zero attached hydrogens (tertiary/aromatic N) is 2. The highest BCUT2D eigenvalue weighted by Gasteiger charge is 2.34. The number of hydrogen-bond donors (Lipinski definition) is 1. The highest BCUT2D eigenvalue weighted by molar-refractivity contribution is 7.92. The molecule has 0 saturated heterocycles. The fourth-order valence-corrected chi connectivity index (χ4v) is 5.99. The molecule has 0 aliphatic heterocycles. The summed E-state index contributed by atoms with van der Waals surface area (Å²) in [5, 5.41) is 3.23. The summed E-state index contributed by atoms with van der Waals surface area (Å²) in [4.78, 5) is 28.5. The van der Waals surface area contributed by atoms with Crippen LogP contribution in [0.2, 0.25) is 10.0 Å². The van der Waals surface area contributed by atoms with Crippen LogP contribution in [0.1, 0.15) is 32.8 Å². The highest BCUT2D eigenvalue weighted by atomic mass is 35.5. The van der Waals surface area contributed by atoms with Crippen molar-refractivity contribution in [3.8, 4) is 0 Å². The molecule has 3 rings (SSSR count). The van der Waals surface area contributed by atoms with Gasteiger partial charge in [0, 0.05) is 23.1 Å². The van der Waals surface area contributed by atoms with Crippen LogP contribution in [-0.4, -0.2) is 44.3 Å². The third-order valence-electron chi connectivity index (χ3n) is 6.08. The van der Waals surface area contributed by atoms with E-state index in [0.717, 1.165) is 4.31 Å². The van der Waals surface area contributed by atoms with Crippen molar-refractivity contribution in [1.82, 2.24) is 10.2 Å². The molecule has 0 aromatic heterocycles. The van der Waals surface area contributed by atoms with Gasteiger partial charge in [0.2, 0.25) is 11.8 Å². The summed E-state index contributed by atoms with van der Waals surface area (Å²) in [5.74, 6) is -1.26. The average molecular weight is 609 g/mol. The summed E-state index contributed by atoms with van der Waals surface area (Å²) in [6, 6.07) is 16.6. The zero-order valence-corrected chi connectivity index (χ0v) is 24.8. The molecular weight excluding hydrogens is 576 g/mol. The molecule has 0 saturated carbocycles. The van der Waals surface area contributed by atoms with Crippen molar-refractivity contribution in [2.45, 2.75) is 44.7 Å². The normalized spacial score (nSPS) is 12.2. The lowest BCUT2D eigenvalue weighted by Gasteiger charge is -2.33. The van der Waals surface area contributed by atoms with Crippen molar-refractivity contribution < 1.29 is 22.4 Å². The molecule has 214 valence electrons. The van der Waals surface area contributed by atoms with Crippen molar-refractivity contribution in [3.05, 3.63) is 94.2 Å². The van der Waals surface area contributed by atoms with Crippen LogP contribution in [0.5, 0.6) is 0 Å². The zero-order valence-electron chi connectivity index (χ0n) is 22.5. The smallest absolute Gasteiger partial charge is 0.264 e. The first kappa shape index (κ1) is 31.4. The van der Waals surface area contributed by atoms with E-state index in [9.17, 15) is 22.4 Å². The van der Waals surface area contributed by atoms with E-state index in [0.29, 0.717) is 12.1 Å². The number of carbonyl (C=O) groups excluding carboxylic acids is 2. The van der Waals surface area contributed by atoms with E-state index in [4.69, 9.17) is 23.2 Å². The predicted molar refractivity (Wildman–Crippen MR) is 156 cm³/mol. The Bertz CT molecular complexity index is 1400. The van der Waals surface area contributed by atoms with Gasteiger partial charge in [0.05, 0.1) is 10.6 Å². The van der Waals surface area contributed by atoms with Gasteiger partial charge in [0.15, 0.2) is 0 Å². The minimum atomic E-state index is -4.25. The van der Waals surface area contributed by atoms with Crippen LogP contribution in [0.15, 0.2) is 77.7 Å². The van der Waals surface area contributed by atoms with E-state index in [2.05, 4.69) is 5.32 Å². The third-order valence-corrected chi connectivity index (χ3v) is 8.31. The SMILES string of the molecule is CC[C@@H](C(=O)NCC(C)C)N(Cc1ccc(F)cc1)C(=O)CN(c1cc(Cl)cc(Cl)c1)S(=O)(=O)c1ccccc1. The standard InChI is InChI=1S/C29H32Cl2FN3O4S/c1-4-27(29(37)33-17-20(2)3)34(18-21-10-12-24(32)13-11-21)28(36)19-35(25-15-22(30)14-23(31)16-25)40(38,39)26-8-6-5-7-9-26/h5-16,20,27H,4,17-19H2,1-3H3,(H,33,37)/t27-/m0/s1. The Hall–Kier alpha value is -3.14. The molecule has 11 heteroatoms. The van der Waals surface area contributed by atoms with Crippen LogP contribution < -0.4 is 9.62 Å². The third kappa shape index (κ3) is 8.19. The molecular formula is C29H32Cl2FN3O4S. The van der Waals surface area contributed by atoms with Crippen molar-refractivity contribution in [3.63, 3.8) is 0 Å². The molecule has 1 N–H and O–H groups in total. The number of carbonyl (C=O) groups is 2. The van der Waals surface area contributed by atoms with Crippen LogP contribution in [0.4, 0.5) is 10.1 Å². The van der Waals surface area contributed by atoms with E-state index >= 15 is 0 Å². The van der Waals surface area contributed by atoms with Crippen LogP contribution in [0, 0.1) is 11.7 Å². The van der Waals surface area contributed by atoms with Gasteiger partial charge in [-0.2, -0.15) is 0 Å². The topological polar surface area (TPSA) is 86.8 Å². The van der Waals surface area contributed by atoms with E-state index < -0.39 is 34.3 Å². The summed E-state index contributed by atoms with van der Waals surface area (Å²) in [6.45, 7) is 5.39. The molecule has 0 bridgehead atoms. The van der Waals surface area contributed by atoms with Gasteiger partial charge < -0.3 is 10.2 Å². The van der Waals surface area contributed by atoms with Gasteiger partial charge in [-0.1, -0.05) is 74.3 Å². The number of amides is 2. The van der Waals surface area contributed by atoms with E-state index in [-0.39, 0.29) is 45.4 Å². The number of hydrogen-bond acceptors (Lipinski definition) is 4. The Morgan fingerprint density at radius 2 is 1.55 bits per heavy atom. The van der Waals surface area contributed by atoms with Gasteiger partial charge in [0.1, 0.15) is 18.4 Å².